The minimum Gasteiger partial charge on any atom is -0.374 e. The SMILES string of the molecule is CC(=O)Nc1ccc(NC(=O)CC(O)(c2nccn2C)C(F)(F)F)cc1. The Kier molecular flexibility index (Phi) is 5.36. The van der Waals surface area contributed by atoms with Crippen molar-refractivity contribution in [3.63, 3.8) is 0 Å². The van der Waals surface area contributed by atoms with Gasteiger partial charge in [-0.2, -0.15) is 13.2 Å². The van der Waals surface area contributed by atoms with Crippen molar-refractivity contribution in [2.75, 3.05) is 10.6 Å². The van der Waals surface area contributed by atoms with Crippen molar-refractivity contribution in [2.24, 2.45) is 7.05 Å². The molecule has 0 aliphatic carbocycles. The standard InChI is InChI=1S/C16H17F3N4O3/c1-10(24)21-11-3-5-12(6-4-11)22-13(25)9-15(26,16(17,18)19)14-20-7-8-23(14)2/h3-8,26H,9H2,1-2H3,(H,21,24)(H,22,25). The number of halogens is 3. The van der Waals surface area contributed by atoms with Gasteiger partial charge in [-0.15, -0.1) is 0 Å². The third kappa shape index (κ3) is 4.20. The first kappa shape index (κ1) is 19.4. The van der Waals surface area contributed by atoms with E-state index in [0.29, 0.717) is 5.69 Å². The van der Waals surface area contributed by atoms with Crippen molar-refractivity contribution in [3.8, 4) is 0 Å². The summed E-state index contributed by atoms with van der Waals surface area (Å²) in [6.07, 6.45) is -4.01. The maximum Gasteiger partial charge on any atom is 0.425 e. The van der Waals surface area contributed by atoms with Crippen LogP contribution in [-0.2, 0) is 22.2 Å². The van der Waals surface area contributed by atoms with Gasteiger partial charge in [-0.25, -0.2) is 4.98 Å². The van der Waals surface area contributed by atoms with Crippen molar-refractivity contribution < 1.29 is 27.9 Å². The lowest BCUT2D eigenvalue weighted by molar-refractivity contribution is -0.270. The van der Waals surface area contributed by atoms with Crippen LogP contribution in [0.5, 0.6) is 0 Å². The molecule has 1 aromatic heterocycles. The lowest BCUT2D eigenvalue weighted by Gasteiger charge is -2.29. The molecule has 0 saturated heterocycles. The molecule has 1 heterocycles. The van der Waals surface area contributed by atoms with Crippen LogP contribution in [0.25, 0.3) is 0 Å². The van der Waals surface area contributed by atoms with Crippen molar-refractivity contribution >= 4 is 23.2 Å². The van der Waals surface area contributed by atoms with E-state index >= 15 is 0 Å². The van der Waals surface area contributed by atoms with Gasteiger partial charge in [-0.05, 0) is 24.3 Å². The molecule has 0 aliphatic rings. The molecule has 2 rings (SSSR count). The Morgan fingerprint density at radius 1 is 1.15 bits per heavy atom. The molecule has 1 aromatic carbocycles. The van der Waals surface area contributed by atoms with Gasteiger partial charge < -0.3 is 20.3 Å². The fourth-order valence-corrected chi connectivity index (χ4v) is 2.35. The zero-order chi connectivity index (χ0) is 19.5. The summed E-state index contributed by atoms with van der Waals surface area (Å²) in [6, 6.07) is 5.78. The van der Waals surface area contributed by atoms with Gasteiger partial charge >= 0.3 is 6.18 Å². The number of aliphatic hydroxyl groups is 1. The number of aryl methyl sites for hydroxylation is 1. The smallest absolute Gasteiger partial charge is 0.374 e. The number of nitrogens with zero attached hydrogens (tertiary/aromatic N) is 2. The molecule has 0 bridgehead atoms. The molecule has 2 amide bonds. The number of hydrogen-bond donors (Lipinski definition) is 3. The van der Waals surface area contributed by atoms with E-state index in [9.17, 15) is 27.9 Å². The molecular formula is C16H17F3N4O3. The van der Waals surface area contributed by atoms with Gasteiger partial charge in [0.1, 0.15) is 0 Å². The van der Waals surface area contributed by atoms with E-state index in [2.05, 4.69) is 15.6 Å². The van der Waals surface area contributed by atoms with Crippen LogP contribution in [0.2, 0.25) is 0 Å². The number of amides is 2. The summed E-state index contributed by atoms with van der Waals surface area (Å²) in [5.41, 5.74) is -2.74. The number of rotatable bonds is 5. The zero-order valence-corrected chi connectivity index (χ0v) is 14.0. The van der Waals surface area contributed by atoms with E-state index in [4.69, 9.17) is 0 Å². The molecule has 7 nitrogen and oxygen atoms in total. The quantitative estimate of drug-likeness (QED) is 0.751. The van der Waals surface area contributed by atoms with Crippen LogP contribution >= 0.6 is 0 Å². The summed E-state index contributed by atoms with van der Waals surface area (Å²) < 4.78 is 41.2. The highest BCUT2D eigenvalue weighted by molar-refractivity contribution is 5.92. The lowest BCUT2D eigenvalue weighted by atomic mass is 9.97. The second kappa shape index (κ2) is 7.16. The molecule has 3 N–H and O–H groups in total. The normalized spacial score (nSPS) is 13.8. The van der Waals surface area contributed by atoms with Gasteiger partial charge in [0.15, 0.2) is 5.82 Å². The Bertz CT molecular complexity index is 802. The summed E-state index contributed by atoms with van der Waals surface area (Å²) in [5.74, 6) is -2.01. The number of nitrogens with one attached hydrogen (secondary N) is 2. The predicted molar refractivity (Wildman–Crippen MR) is 87.2 cm³/mol. The second-order valence-corrected chi connectivity index (χ2v) is 5.70. The second-order valence-electron chi connectivity index (χ2n) is 5.70. The molecule has 0 spiro atoms. The van der Waals surface area contributed by atoms with E-state index in [1.54, 1.807) is 0 Å². The summed E-state index contributed by atoms with van der Waals surface area (Å²) in [5, 5.41) is 15.0. The molecule has 0 saturated carbocycles. The van der Waals surface area contributed by atoms with E-state index in [1.165, 1.54) is 44.4 Å². The number of benzene rings is 1. The van der Waals surface area contributed by atoms with Crippen molar-refractivity contribution in [2.45, 2.75) is 25.1 Å². The Morgan fingerprint density at radius 2 is 1.69 bits per heavy atom. The third-order valence-electron chi connectivity index (χ3n) is 3.57. The molecule has 26 heavy (non-hydrogen) atoms. The van der Waals surface area contributed by atoms with Crippen LogP contribution in [0.1, 0.15) is 19.2 Å². The van der Waals surface area contributed by atoms with Crippen LogP contribution in [0, 0.1) is 0 Å². The molecule has 10 heteroatoms. The van der Waals surface area contributed by atoms with Crippen molar-refractivity contribution in [1.29, 1.82) is 0 Å². The molecule has 0 aliphatic heterocycles. The van der Waals surface area contributed by atoms with Gasteiger partial charge in [0.25, 0.3) is 0 Å². The minimum absolute atomic E-state index is 0.216. The summed E-state index contributed by atoms with van der Waals surface area (Å²) >= 11 is 0. The van der Waals surface area contributed by atoms with Crippen LogP contribution in [0.15, 0.2) is 36.7 Å². The topological polar surface area (TPSA) is 96.2 Å². The Labute approximate surface area is 146 Å². The van der Waals surface area contributed by atoms with Crippen molar-refractivity contribution in [3.05, 3.63) is 42.5 Å². The average Bonchev–Trinajstić information content (AvgIpc) is 2.94. The first-order chi connectivity index (χ1) is 12.0. The van der Waals surface area contributed by atoms with Gasteiger partial charge in [-0.3, -0.25) is 9.59 Å². The highest BCUT2D eigenvalue weighted by Crippen LogP contribution is 2.40. The fraction of sp³-hybridized carbons (Fsp3) is 0.312. The van der Waals surface area contributed by atoms with E-state index in [-0.39, 0.29) is 11.6 Å². The average molecular weight is 370 g/mol. The molecule has 0 radical (unpaired) electrons. The highest BCUT2D eigenvalue weighted by Gasteiger charge is 2.58. The van der Waals surface area contributed by atoms with Crippen LogP contribution in [-0.4, -0.2) is 32.6 Å². The van der Waals surface area contributed by atoms with Crippen LogP contribution in [0.3, 0.4) is 0 Å². The Morgan fingerprint density at radius 3 is 2.12 bits per heavy atom. The monoisotopic (exact) mass is 370 g/mol. The van der Waals surface area contributed by atoms with Crippen LogP contribution < -0.4 is 10.6 Å². The Balaban J connectivity index is 2.16. The Hall–Kier alpha value is -2.88. The summed E-state index contributed by atoms with van der Waals surface area (Å²) in [6.45, 7) is 1.32. The highest BCUT2D eigenvalue weighted by atomic mass is 19.4. The molecule has 1 atom stereocenters. The largest absolute Gasteiger partial charge is 0.425 e. The number of carbonyl (C=O) groups is 2. The van der Waals surface area contributed by atoms with Crippen LogP contribution in [0.4, 0.5) is 24.5 Å². The molecule has 0 fully saturated rings. The number of alkyl halides is 3. The maximum atomic E-state index is 13.4. The number of anilines is 2. The van der Waals surface area contributed by atoms with E-state index in [1.807, 2.05) is 0 Å². The maximum absolute atomic E-state index is 13.4. The zero-order valence-electron chi connectivity index (χ0n) is 14.0. The van der Waals surface area contributed by atoms with Gasteiger partial charge in [-0.1, -0.05) is 0 Å². The van der Waals surface area contributed by atoms with E-state index in [0.717, 1.165) is 10.8 Å². The first-order valence-corrected chi connectivity index (χ1v) is 7.47. The lowest BCUT2D eigenvalue weighted by Crippen LogP contribution is -2.46. The number of imidazole rings is 1. The third-order valence-corrected chi connectivity index (χ3v) is 3.57. The predicted octanol–water partition coefficient (Wildman–Crippen LogP) is 2.16. The summed E-state index contributed by atoms with van der Waals surface area (Å²) in [4.78, 5) is 26.5. The fourth-order valence-electron chi connectivity index (χ4n) is 2.35. The van der Waals surface area contributed by atoms with Gasteiger partial charge in [0.05, 0.1) is 6.42 Å². The molecule has 2 aromatic rings. The molecule has 140 valence electrons. The molecular weight excluding hydrogens is 353 g/mol. The first-order valence-electron chi connectivity index (χ1n) is 7.47. The number of carbonyl (C=O) groups excluding carboxylic acids is 2. The van der Waals surface area contributed by atoms with Crippen molar-refractivity contribution in [1.82, 2.24) is 9.55 Å². The van der Waals surface area contributed by atoms with Gasteiger partial charge in [0.2, 0.25) is 17.4 Å². The summed E-state index contributed by atoms with van der Waals surface area (Å²) in [7, 11) is 1.29. The molecule has 1 unspecified atom stereocenters. The van der Waals surface area contributed by atoms with Gasteiger partial charge in [0, 0.05) is 37.7 Å². The van der Waals surface area contributed by atoms with E-state index < -0.39 is 29.9 Å². The number of hydrogen-bond acceptors (Lipinski definition) is 4. The minimum atomic E-state index is -5.10. The number of aromatic nitrogens is 2.